The molecular formula is C11H18N2O2S. The van der Waals surface area contributed by atoms with Crippen LogP contribution in [0.1, 0.15) is 26.0 Å². The summed E-state index contributed by atoms with van der Waals surface area (Å²) in [4.78, 5) is 15.6. The van der Waals surface area contributed by atoms with Gasteiger partial charge in [0.1, 0.15) is 0 Å². The van der Waals surface area contributed by atoms with Crippen LogP contribution in [0.2, 0.25) is 0 Å². The maximum absolute atomic E-state index is 11.4. The molecule has 0 radical (unpaired) electrons. The number of ether oxygens (including phenoxy) is 1. The van der Waals surface area contributed by atoms with Crippen molar-refractivity contribution in [2.24, 2.45) is 5.92 Å². The predicted octanol–water partition coefficient (Wildman–Crippen LogP) is 2.45. The quantitative estimate of drug-likeness (QED) is 0.780. The molecule has 0 bridgehead atoms. The zero-order chi connectivity index (χ0) is 12.0. The van der Waals surface area contributed by atoms with Crippen LogP contribution in [0.15, 0.2) is 5.38 Å². The van der Waals surface area contributed by atoms with E-state index in [2.05, 4.69) is 24.1 Å². The molecule has 0 saturated heterocycles. The van der Waals surface area contributed by atoms with Crippen molar-refractivity contribution in [1.29, 1.82) is 0 Å². The van der Waals surface area contributed by atoms with E-state index in [4.69, 9.17) is 4.74 Å². The van der Waals surface area contributed by atoms with Crippen molar-refractivity contribution in [3.8, 4) is 0 Å². The highest BCUT2D eigenvalue weighted by Crippen LogP contribution is 2.14. The number of aryl methyl sites for hydroxylation is 1. The minimum absolute atomic E-state index is 0.0434. The average molecular weight is 242 g/mol. The second-order valence-corrected chi connectivity index (χ2v) is 4.92. The van der Waals surface area contributed by atoms with Gasteiger partial charge in [0.15, 0.2) is 5.13 Å². The van der Waals surface area contributed by atoms with E-state index in [-0.39, 0.29) is 5.91 Å². The number of amides is 1. The molecule has 0 spiro atoms. The van der Waals surface area contributed by atoms with Gasteiger partial charge in [0.25, 0.3) is 0 Å². The highest BCUT2D eigenvalue weighted by Gasteiger charge is 2.05. The van der Waals surface area contributed by atoms with Gasteiger partial charge in [-0.2, -0.15) is 0 Å². The standard InChI is InChI=1S/C11H18N2O2S/c1-8(2)6-15-5-4-10(14)13-11-12-9(3)7-16-11/h7-8H,4-6H2,1-3H3,(H,12,13,14). The van der Waals surface area contributed by atoms with Crippen LogP contribution in [-0.4, -0.2) is 24.1 Å². The minimum Gasteiger partial charge on any atom is -0.381 e. The molecule has 4 nitrogen and oxygen atoms in total. The lowest BCUT2D eigenvalue weighted by Crippen LogP contribution is -2.15. The number of hydrogen-bond acceptors (Lipinski definition) is 4. The lowest BCUT2D eigenvalue weighted by atomic mass is 10.2. The van der Waals surface area contributed by atoms with E-state index in [1.54, 1.807) is 0 Å². The predicted molar refractivity (Wildman–Crippen MR) is 65.8 cm³/mol. The average Bonchev–Trinajstić information content (AvgIpc) is 2.58. The van der Waals surface area contributed by atoms with Crippen LogP contribution < -0.4 is 5.32 Å². The Hall–Kier alpha value is -0.940. The van der Waals surface area contributed by atoms with Gasteiger partial charge in [-0.3, -0.25) is 4.79 Å². The SMILES string of the molecule is Cc1csc(NC(=O)CCOCC(C)C)n1. The summed E-state index contributed by atoms with van der Waals surface area (Å²) in [5, 5.41) is 5.31. The molecule has 0 aliphatic carbocycles. The molecular weight excluding hydrogens is 224 g/mol. The number of anilines is 1. The summed E-state index contributed by atoms with van der Waals surface area (Å²) in [7, 11) is 0. The van der Waals surface area contributed by atoms with Gasteiger partial charge in [-0.15, -0.1) is 11.3 Å². The molecule has 5 heteroatoms. The molecule has 0 unspecified atom stereocenters. The molecule has 90 valence electrons. The van der Waals surface area contributed by atoms with Crippen molar-refractivity contribution in [1.82, 2.24) is 4.98 Å². The lowest BCUT2D eigenvalue weighted by molar-refractivity contribution is -0.117. The summed E-state index contributed by atoms with van der Waals surface area (Å²) < 4.78 is 5.33. The Morgan fingerprint density at radius 1 is 1.62 bits per heavy atom. The van der Waals surface area contributed by atoms with Gasteiger partial charge in [0, 0.05) is 12.0 Å². The molecule has 16 heavy (non-hydrogen) atoms. The van der Waals surface area contributed by atoms with E-state index in [1.807, 2.05) is 12.3 Å². The Morgan fingerprint density at radius 2 is 2.38 bits per heavy atom. The highest BCUT2D eigenvalue weighted by molar-refractivity contribution is 7.13. The fraction of sp³-hybridized carbons (Fsp3) is 0.636. The number of hydrogen-bond donors (Lipinski definition) is 1. The third-order valence-electron chi connectivity index (χ3n) is 1.79. The fourth-order valence-corrected chi connectivity index (χ4v) is 1.78. The van der Waals surface area contributed by atoms with Crippen LogP contribution in [0.3, 0.4) is 0 Å². The molecule has 0 aliphatic rings. The van der Waals surface area contributed by atoms with Gasteiger partial charge in [-0.05, 0) is 12.8 Å². The second kappa shape index (κ2) is 6.60. The first kappa shape index (κ1) is 13.1. The van der Waals surface area contributed by atoms with Crippen LogP contribution in [-0.2, 0) is 9.53 Å². The zero-order valence-electron chi connectivity index (χ0n) is 9.95. The van der Waals surface area contributed by atoms with Crippen molar-refractivity contribution in [3.63, 3.8) is 0 Å². The Kier molecular flexibility index (Phi) is 5.42. The third kappa shape index (κ3) is 5.23. The van der Waals surface area contributed by atoms with Crippen LogP contribution in [0.4, 0.5) is 5.13 Å². The molecule has 1 aromatic heterocycles. The number of aromatic nitrogens is 1. The van der Waals surface area contributed by atoms with Gasteiger partial charge in [-0.1, -0.05) is 13.8 Å². The molecule has 0 atom stereocenters. The molecule has 0 fully saturated rings. The van der Waals surface area contributed by atoms with Crippen LogP contribution >= 0.6 is 11.3 Å². The Balaban J connectivity index is 2.16. The Bertz CT molecular complexity index is 336. The second-order valence-electron chi connectivity index (χ2n) is 4.06. The van der Waals surface area contributed by atoms with Crippen molar-refractivity contribution in [2.75, 3.05) is 18.5 Å². The van der Waals surface area contributed by atoms with E-state index >= 15 is 0 Å². The third-order valence-corrected chi connectivity index (χ3v) is 2.67. The van der Waals surface area contributed by atoms with E-state index < -0.39 is 0 Å². The van der Waals surface area contributed by atoms with Crippen molar-refractivity contribution < 1.29 is 9.53 Å². The topological polar surface area (TPSA) is 51.2 Å². The van der Waals surface area contributed by atoms with Crippen molar-refractivity contribution in [3.05, 3.63) is 11.1 Å². The van der Waals surface area contributed by atoms with Gasteiger partial charge in [0.2, 0.25) is 5.91 Å². The molecule has 0 aromatic carbocycles. The van der Waals surface area contributed by atoms with Gasteiger partial charge < -0.3 is 10.1 Å². The van der Waals surface area contributed by atoms with Crippen molar-refractivity contribution in [2.45, 2.75) is 27.2 Å². The smallest absolute Gasteiger partial charge is 0.228 e. The van der Waals surface area contributed by atoms with E-state index in [0.717, 1.165) is 5.69 Å². The maximum Gasteiger partial charge on any atom is 0.228 e. The molecule has 1 rings (SSSR count). The summed E-state index contributed by atoms with van der Waals surface area (Å²) in [5.74, 6) is 0.461. The van der Waals surface area contributed by atoms with Gasteiger partial charge in [-0.25, -0.2) is 4.98 Å². The van der Waals surface area contributed by atoms with Crippen LogP contribution in [0, 0.1) is 12.8 Å². The fourth-order valence-electron chi connectivity index (χ4n) is 1.08. The minimum atomic E-state index is -0.0434. The molecule has 0 aliphatic heterocycles. The molecule has 1 amide bonds. The summed E-state index contributed by atoms with van der Waals surface area (Å²) in [6.45, 7) is 7.23. The monoisotopic (exact) mass is 242 g/mol. The summed E-state index contributed by atoms with van der Waals surface area (Å²) in [6, 6.07) is 0. The van der Waals surface area contributed by atoms with Gasteiger partial charge in [0.05, 0.1) is 18.7 Å². The number of nitrogens with one attached hydrogen (secondary N) is 1. The summed E-state index contributed by atoms with van der Waals surface area (Å²) >= 11 is 1.44. The highest BCUT2D eigenvalue weighted by atomic mass is 32.1. The zero-order valence-corrected chi connectivity index (χ0v) is 10.8. The van der Waals surface area contributed by atoms with Crippen molar-refractivity contribution >= 4 is 22.4 Å². The first-order valence-electron chi connectivity index (χ1n) is 5.37. The lowest BCUT2D eigenvalue weighted by Gasteiger charge is -2.06. The first-order chi connectivity index (χ1) is 7.58. The Morgan fingerprint density at radius 3 is 2.94 bits per heavy atom. The van der Waals surface area contributed by atoms with Crippen LogP contribution in [0.5, 0.6) is 0 Å². The number of thiazole rings is 1. The van der Waals surface area contributed by atoms with E-state index in [9.17, 15) is 4.79 Å². The number of carbonyl (C=O) groups excluding carboxylic acids is 1. The number of nitrogens with zero attached hydrogens (tertiary/aromatic N) is 1. The summed E-state index contributed by atoms with van der Waals surface area (Å²) in [5.41, 5.74) is 0.927. The maximum atomic E-state index is 11.4. The molecule has 1 N–H and O–H groups in total. The molecule has 1 heterocycles. The molecule has 0 saturated carbocycles. The van der Waals surface area contributed by atoms with E-state index in [1.165, 1.54) is 11.3 Å². The normalized spacial score (nSPS) is 10.8. The van der Waals surface area contributed by atoms with Gasteiger partial charge >= 0.3 is 0 Å². The van der Waals surface area contributed by atoms with Crippen LogP contribution in [0.25, 0.3) is 0 Å². The first-order valence-corrected chi connectivity index (χ1v) is 6.25. The number of carbonyl (C=O) groups is 1. The Labute approximate surface area is 100 Å². The number of rotatable bonds is 6. The molecule has 1 aromatic rings. The largest absolute Gasteiger partial charge is 0.381 e. The van der Waals surface area contributed by atoms with E-state index in [0.29, 0.717) is 30.7 Å². The summed E-state index contributed by atoms with van der Waals surface area (Å²) in [6.07, 6.45) is 0.380.